The second-order valence-electron chi connectivity index (χ2n) is 6.02. The van der Waals surface area contributed by atoms with Crippen molar-refractivity contribution in [1.29, 1.82) is 0 Å². The van der Waals surface area contributed by atoms with Crippen LogP contribution in [0.2, 0.25) is 5.02 Å². The number of benzene rings is 1. The molecule has 0 fully saturated rings. The lowest BCUT2D eigenvalue weighted by Gasteiger charge is -2.13. The number of nitrogens with zero attached hydrogens (tertiary/aromatic N) is 1. The molecule has 0 aliphatic carbocycles. The first-order valence-electron chi connectivity index (χ1n) is 9.14. The van der Waals surface area contributed by atoms with Gasteiger partial charge in [-0.15, -0.1) is 0 Å². The Morgan fingerprint density at radius 2 is 2.08 bits per heavy atom. The van der Waals surface area contributed by atoms with Crippen LogP contribution >= 0.6 is 11.6 Å². The third-order valence-corrected chi connectivity index (χ3v) is 4.27. The Morgan fingerprint density at radius 3 is 2.69 bits per heavy atom. The zero-order valence-electron chi connectivity index (χ0n) is 16.2. The maximum Gasteiger partial charge on any atom is 0.222 e. The van der Waals surface area contributed by atoms with E-state index in [4.69, 9.17) is 16.3 Å². The molecule has 0 bridgehead atoms. The van der Waals surface area contributed by atoms with E-state index >= 15 is 0 Å². The van der Waals surface area contributed by atoms with Crippen LogP contribution in [-0.2, 0) is 11.2 Å². The Balaban J connectivity index is 2.45. The Morgan fingerprint density at radius 1 is 1.31 bits per heavy atom. The van der Waals surface area contributed by atoms with Gasteiger partial charge in [-0.1, -0.05) is 24.6 Å². The number of carbonyl (C=O) groups is 1. The fourth-order valence-electron chi connectivity index (χ4n) is 2.23. The van der Waals surface area contributed by atoms with E-state index in [0.29, 0.717) is 30.5 Å². The van der Waals surface area contributed by atoms with Crippen molar-refractivity contribution in [3.05, 3.63) is 28.8 Å². The molecule has 26 heavy (non-hydrogen) atoms. The second kappa shape index (κ2) is 12.4. The predicted molar refractivity (Wildman–Crippen MR) is 108 cm³/mol. The van der Waals surface area contributed by atoms with Gasteiger partial charge in [-0.25, -0.2) is 0 Å². The van der Waals surface area contributed by atoms with E-state index in [9.17, 15) is 4.79 Å². The molecule has 1 unspecified atom stereocenters. The zero-order chi connectivity index (χ0) is 19.4. The van der Waals surface area contributed by atoms with Crippen molar-refractivity contribution in [2.75, 3.05) is 26.7 Å². The summed E-state index contributed by atoms with van der Waals surface area (Å²) in [5, 5.41) is 10.1. The number of rotatable bonds is 10. The van der Waals surface area contributed by atoms with Crippen LogP contribution in [0.25, 0.3) is 0 Å². The Kier molecular flexibility index (Phi) is 10.5. The number of hydrogen-bond acceptors (Lipinski definition) is 3. The highest BCUT2D eigenvalue weighted by atomic mass is 35.5. The van der Waals surface area contributed by atoms with Crippen molar-refractivity contribution < 1.29 is 9.53 Å². The van der Waals surface area contributed by atoms with Gasteiger partial charge in [0.2, 0.25) is 5.91 Å². The molecule has 0 spiro atoms. The second-order valence-corrected chi connectivity index (χ2v) is 6.43. The van der Waals surface area contributed by atoms with Crippen LogP contribution in [0.15, 0.2) is 23.2 Å². The predicted octanol–water partition coefficient (Wildman–Crippen LogP) is 2.75. The van der Waals surface area contributed by atoms with Gasteiger partial charge in [0.25, 0.3) is 0 Å². The van der Waals surface area contributed by atoms with Gasteiger partial charge >= 0.3 is 0 Å². The highest BCUT2D eigenvalue weighted by Gasteiger charge is 2.06. The van der Waals surface area contributed by atoms with Gasteiger partial charge in [0, 0.05) is 30.6 Å². The zero-order valence-corrected chi connectivity index (χ0v) is 16.9. The molecular formula is C19H31ClN4O2. The average molecular weight is 383 g/mol. The lowest BCUT2D eigenvalue weighted by molar-refractivity contribution is -0.121. The lowest BCUT2D eigenvalue weighted by atomic mass is 10.1. The van der Waals surface area contributed by atoms with E-state index < -0.39 is 0 Å². The topological polar surface area (TPSA) is 74.8 Å². The SMILES string of the molecule is CCNC(=NCCC(=O)NC(C)CC)NCCc1ccc(OC)cc1Cl. The summed E-state index contributed by atoms with van der Waals surface area (Å²) in [5.74, 6) is 1.48. The summed E-state index contributed by atoms with van der Waals surface area (Å²) in [6, 6.07) is 5.88. The van der Waals surface area contributed by atoms with Crippen molar-refractivity contribution >= 4 is 23.5 Å². The third-order valence-electron chi connectivity index (χ3n) is 3.92. The first-order chi connectivity index (χ1) is 12.5. The molecule has 0 heterocycles. The summed E-state index contributed by atoms with van der Waals surface area (Å²) in [6.07, 6.45) is 2.07. The molecule has 6 nitrogen and oxygen atoms in total. The molecule has 1 aromatic rings. The molecule has 1 rings (SSSR count). The van der Waals surface area contributed by atoms with E-state index in [1.807, 2.05) is 39.0 Å². The fourth-order valence-corrected chi connectivity index (χ4v) is 2.50. The smallest absolute Gasteiger partial charge is 0.222 e. The van der Waals surface area contributed by atoms with Crippen LogP contribution in [0.1, 0.15) is 39.2 Å². The maximum atomic E-state index is 11.8. The van der Waals surface area contributed by atoms with Gasteiger partial charge in [0.15, 0.2) is 5.96 Å². The molecule has 0 aliphatic rings. The first-order valence-corrected chi connectivity index (χ1v) is 9.51. The van der Waals surface area contributed by atoms with Crippen LogP contribution in [0.5, 0.6) is 5.75 Å². The van der Waals surface area contributed by atoms with Crippen molar-refractivity contribution in [3.8, 4) is 5.75 Å². The summed E-state index contributed by atoms with van der Waals surface area (Å²) >= 11 is 6.26. The van der Waals surface area contributed by atoms with Crippen LogP contribution in [-0.4, -0.2) is 44.7 Å². The minimum absolute atomic E-state index is 0.0314. The van der Waals surface area contributed by atoms with E-state index in [0.717, 1.165) is 30.7 Å². The van der Waals surface area contributed by atoms with Gasteiger partial charge in [-0.3, -0.25) is 9.79 Å². The van der Waals surface area contributed by atoms with Crippen molar-refractivity contribution in [2.45, 2.75) is 46.1 Å². The van der Waals surface area contributed by atoms with E-state index in [-0.39, 0.29) is 11.9 Å². The summed E-state index contributed by atoms with van der Waals surface area (Å²) in [7, 11) is 1.62. The number of ether oxygens (including phenoxy) is 1. The highest BCUT2D eigenvalue weighted by molar-refractivity contribution is 6.31. The van der Waals surface area contributed by atoms with Gasteiger partial charge < -0.3 is 20.7 Å². The first kappa shape index (κ1) is 22.1. The molecule has 7 heteroatoms. The van der Waals surface area contributed by atoms with E-state index in [2.05, 4.69) is 20.9 Å². The number of nitrogens with one attached hydrogen (secondary N) is 3. The number of aliphatic imine (C=N–C) groups is 1. The largest absolute Gasteiger partial charge is 0.497 e. The molecule has 1 amide bonds. The van der Waals surface area contributed by atoms with Crippen LogP contribution in [0.3, 0.4) is 0 Å². The molecule has 146 valence electrons. The Labute approximate surface area is 161 Å². The van der Waals surface area contributed by atoms with Crippen molar-refractivity contribution in [1.82, 2.24) is 16.0 Å². The van der Waals surface area contributed by atoms with Gasteiger partial charge in [0.1, 0.15) is 5.75 Å². The molecule has 1 atom stereocenters. The van der Waals surface area contributed by atoms with Crippen molar-refractivity contribution in [3.63, 3.8) is 0 Å². The molecule has 0 saturated carbocycles. The number of amides is 1. The van der Waals surface area contributed by atoms with Crippen LogP contribution in [0.4, 0.5) is 0 Å². The lowest BCUT2D eigenvalue weighted by Crippen LogP contribution is -2.38. The molecule has 0 radical (unpaired) electrons. The third kappa shape index (κ3) is 8.43. The quantitative estimate of drug-likeness (QED) is 0.429. The van der Waals surface area contributed by atoms with Gasteiger partial charge in [0.05, 0.1) is 13.7 Å². The summed E-state index contributed by atoms with van der Waals surface area (Å²) in [6.45, 7) is 7.95. The molecule has 0 aliphatic heterocycles. The number of hydrogen-bond donors (Lipinski definition) is 3. The van der Waals surface area contributed by atoms with E-state index in [1.165, 1.54) is 0 Å². The fraction of sp³-hybridized carbons (Fsp3) is 0.579. The highest BCUT2D eigenvalue weighted by Crippen LogP contribution is 2.22. The number of guanidine groups is 1. The van der Waals surface area contributed by atoms with Crippen LogP contribution < -0.4 is 20.7 Å². The average Bonchev–Trinajstić information content (AvgIpc) is 2.62. The molecule has 0 saturated heterocycles. The number of methoxy groups -OCH3 is 1. The summed E-state index contributed by atoms with van der Waals surface area (Å²) in [5.41, 5.74) is 1.05. The Hall–Kier alpha value is -1.95. The molecule has 3 N–H and O–H groups in total. The van der Waals surface area contributed by atoms with Gasteiger partial charge in [-0.05, 0) is 44.4 Å². The van der Waals surface area contributed by atoms with Crippen molar-refractivity contribution in [2.24, 2.45) is 4.99 Å². The van der Waals surface area contributed by atoms with E-state index in [1.54, 1.807) is 7.11 Å². The number of carbonyl (C=O) groups excluding carboxylic acids is 1. The molecular weight excluding hydrogens is 352 g/mol. The minimum Gasteiger partial charge on any atom is -0.497 e. The normalized spacial score (nSPS) is 12.4. The standard InChI is InChI=1S/C19H31ClN4O2/c1-5-14(3)24-18(25)10-12-23-19(21-6-2)22-11-9-15-7-8-16(26-4)13-17(15)20/h7-8,13-14H,5-6,9-12H2,1-4H3,(H,24,25)(H2,21,22,23). The molecule has 1 aromatic carbocycles. The number of halogens is 1. The summed E-state index contributed by atoms with van der Waals surface area (Å²) in [4.78, 5) is 16.2. The molecule has 0 aromatic heterocycles. The summed E-state index contributed by atoms with van der Waals surface area (Å²) < 4.78 is 5.16. The monoisotopic (exact) mass is 382 g/mol. The Bertz CT molecular complexity index is 593. The van der Waals surface area contributed by atoms with Gasteiger partial charge in [-0.2, -0.15) is 0 Å². The van der Waals surface area contributed by atoms with Crippen LogP contribution in [0, 0.1) is 0 Å². The maximum absolute atomic E-state index is 11.8. The minimum atomic E-state index is 0.0314.